The number of carbonyl (C=O) groups excluding carboxylic acids is 1. The molecule has 0 atom stereocenters. The molecule has 0 saturated heterocycles. The molecule has 0 heterocycles. The lowest BCUT2D eigenvalue weighted by Gasteiger charge is -2.16. The van der Waals surface area contributed by atoms with Gasteiger partial charge in [0.1, 0.15) is 5.75 Å². The number of hydrogen-bond donors (Lipinski definition) is 1. The fraction of sp³-hybridized carbons (Fsp3) is 0.500. The van der Waals surface area contributed by atoms with E-state index in [4.69, 9.17) is 4.74 Å². The number of hydrazone groups is 1. The van der Waals surface area contributed by atoms with Crippen LogP contribution in [0.4, 0.5) is 0 Å². The zero-order chi connectivity index (χ0) is 14.2. The van der Waals surface area contributed by atoms with Crippen LogP contribution in [0.1, 0.15) is 49.4 Å². The highest BCUT2D eigenvalue weighted by Gasteiger charge is 2.11. The third-order valence-corrected chi connectivity index (χ3v) is 3.53. The third-order valence-electron chi connectivity index (χ3n) is 3.53. The molecule has 0 unspecified atom stereocenters. The number of carbonyl (C=O) groups is 1. The van der Waals surface area contributed by atoms with E-state index in [-0.39, 0.29) is 5.91 Å². The second kappa shape index (κ2) is 7.68. The van der Waals surface area contributed by atoms with Crippen molar-refractivity contribution in [3.05, 3.63) is 29.8 Å². The molecule has 1 aromatic rings. The maximum Gasteiger partial charge on any atom is 0.271 e. The van der Waals surface area contributed by atoms with Gasteiger partial charge in [0.25, 0.3) is 5.91 Å². The first-order chi connectivity index (χ1) is 9.79. The van der Waals surface area contributed by atoms with Crippen molar-refractivity contribution in [2.45, 2.75) is 39.0 Å². The van der Waals surface area contributed by atoms with E-state index in [2.05, 4.69) is 10.5 Å². The molecule has 0 spiro atoms. The summed E-state index contributed by atoms with van der Waals surface area (Å²) in [5, 5.41) is 4.07. The quantitative estimate of drug-likeness (QED) is 0.661. The summed E-state index contributed by atoms with van der Waals surface area (Å²) in [4.78, 5) is 11.9. The Kier molecular flexibility index (Phi) is 5.59. The standard InChI is InChI=1S/C16H22N2O2/c1-2-20-15-10-8-14(9-11-15)16(19)18-17-12-13-6-4-3-5-7-13/h8-13H,2-7H2,1H3,(H,18,19). The number of benzene rings is 1. The SMILES string of the molecule is CCOc1ccc(C(=O)NN=CC2CCCCC2)cc1. The molecule has 1 fully saturated rings. The Balaban J connectivity index is 1.83. The van der Waals surface area contributed by atoms with E-state index in [1.165, 1.54) is 32.1 Å². The average Bonchev–Trinajstić information content (AvgIpc) is 2.49. The summed E-state index contributed by atoms with van der Waals surface area (Å²) in [6.45, 7) is 2.55. The number of nitrogens with zero attached hydrogens (tertiary/aromatic N) is 1. The van der Waals surface area contributed by atoms with Crippen molar-refractivity contribution in [3.63, 3.8) is 0 Å². The van der Waals surface area contributed by atoms with Gasteiger partial charge in [-0.2, -0.15) is 5.10 Å². The van der Waals surface area contributed by atoms with Crippen molar-refractivity contribution in [1.82, 2.24) is 5.43 Å². The molecule has 1 saturated carbocycles. The Hall–Kier alpha value is -1.84. The Labute approximate surface area is 120 Å². The van der Waals surface area contributed by atoms with Crippen molar-refractivity contribution < 1.29 is 9.53 Å². The summed E-state index contributed by atoms with van der Waals surface area (Å²) in [6.07, 6.45) is 8.10. The predicted molar refractivity (Wildman–Crippen MR) is 80.1 cm³/mol. The van der Waals surface area contributed by atoms with Crippen LogP contribution in [0.15, 0.2) is 29.4 Å². The van der Waals surface area contributed by atoms with Crippen LogP contribution < -0.4 is 10.2 Å². The fourth-order valence-corrected chi connectivity index (χ4v) is 2.42. The largest absolute Gasteiger partial charge is 0.494 e. The second-order valence-corrected chi connectivity index (χ2v) is 5.07. The normalized spacial score (nSPS) is 16.2. The summed E-state index contributed by atoms with van der Waals surface area (Å²) in [5.74, 6) is 1.11. The molecule has 0 radical (unpaired) electrons. The molecule has 2 rings (SSSR count). The number of hydrogen-bond acceptors (Lipinski definition) is 3. The molecule has 1 N–H and O–H groups in total. The molecule has 1 aliphatic rings. The smallest absolute Gasteiger partial charge is 0.271 e. The molecule has 0 bridgehead atoms. The minimum absolute atomic E-state index is 0.180. The molecule has 1 aliphatic carbocycles. The van der Waals surface area contributed by atoms with Gasteiger partial charge in [-0.1, -0.05) is 19.3 Å². The molecular weight excluding hydrogens is 252 g/mol. The lowest BCUT2D eigenvalue weighted by atomic mass is 9.90. The number of amides is 1. The van der Waals surface area contributed by atoms with Crippen LogP contribution in [0.3, 0.4) is 0 Å². The predicted octanol–water partition coefficient (Wildman–Crippen LogP) is 3.38. The van der Waals surface area contributed by atoms with E-state index in [1.54, 1.807) is 24.3 Å². The Bertz CT molecular complexity index is 448. The summed E-state index contributed by atoms with van der Waals surface area (Å²) >= 11 is 0. The zero-order valence-corrected chi connectivity index (χ0v) is 12.0. The first-order valence-electron chi connectivity index (χ1n) is 7.36. The molecule has 1 amide bonds. The van der Waals surface area contributed by atoms with Gasteiger partial charge in [0.15, 0.2) is 0 Å². The first kappa shape index (κ1) is 14.6. The van der Waals surface area contributed by atoms with Crippen molar-refractivity contribution in [1.29, 1.82) is 0 Å². The molecule has 4 heteroatoms. The van der Waals surface area contributed by atoms with Crippen molar-refractivity contribution in [3.8, 4) is 5.75 Å². The molecule has 20 heavy (non-hydrogen) atoms. The second-order valence-electron chi connectivity index (χ2n) is 5.07. The molecule has 0 aromatic heterocycles. The lowest BCUT2D eigenvalue weighted by Crippen LogP contribution is -2.19. The van der Waals surface area contributed by atoms with Gasteiger partial charge in [-0.05, 0) is 49.9 Å². The van der Waals surface area contributed by atoms with Crippen LogP contribution in [0.5, 0.6) is 5.75 Å². The highest BCUT2D eigenvalue weighted by atomic mass is 16.5. The number of ether oxygens (including phenoxy) is 1. The molecule has 108 valence electrons. The van der Waals surface area contributed by atoms with Gasteiger partial charge in [-0.25, -0.2) is 5.43 Å². The van der Waals surface area contributed by atoms with Crippen LogP contribution in [-0.2, 0) is 0 Å². The van der Waals surface area contributed by atoms with Crippen LogP contribution >= 0.6 is 0 Å². The minimum atomic E-state index is -0.180. The lowest BCUT2D eigenvalue weighted by molar-refractivity contribution is 0.0955. The van der Waals surface area contributed by atoms with E-state index in [0.29, 0.717) is 18.1 Å². The van der Waals surface area contributed by atoms with E-state index in [0.717, 1.165) is 5.75 Å². The molecule has 0 aliphatic heterocycles. The van der Waals surface area contributed by atoms with Gasteiger partial charge < -0.3 is 4.74 Å². The van der Waals surface area contributed by atoms with Gasteiger partial charge in [0, 0.05) is 11.8 Å². The van der Waals surface area contributed by atoms with Crippen LogP contribution in [0.2, 0.25) is 0 Å². The summed E-state index contributed by atoms with van der Waals surface area (Å²) in [6, 6.07) is 7.08. The Morgan fingerprint density at radius 3 is 2.65 bits per heavy atom. The van der Waals surface area contributed by atoms with E-state index < -0.39 is 0 Å². The Morgan fingerprint density at radius 1 is 1.30 bits per heavy atom. The average molecular weight is 274 g/mol. The van der Waals surface area contributed by atoms with E-state index in [1.807, 2.05) is 13.1 Å². The maximum absolute atomic E-state index is 11.9. The van der Waals surface area contributed by atoms with E-state index >= 15 is 0 Å². The first-order valence-corrected chi connectivity index (χ1v) is 7.36. The highest BCUT2D eigenvalue weighted by Crippen LogP contribution is 2.21. The van der Waals surface area contributed by atoms with Crippen molar-refractivity contribution in [2.75, 3.05) is 6.61 Å². The number of nitrogens with one attached hydrogen (secondary N) is 1. The maximum atomic E-state index is 11.9. The monoisotopic (exact) mass is 274 g/mol. The fourth-order valence-electron chi connectivity index (χ4n) is 2.42. The topological polar surface area (TPSA) is 50.7 Å². The van der Waals surface area contributed by atoms with Gasteiger partial charge in [-0.3, -0.25) is 4.79 Å². The minimum Gasteiger partial charge on any atom is -0.494 e. The molecular formula is C16H22N2O2. The van der Waals surface area contributed by atoms with Crippen molar-refractivity contribution >= 4 is 12.1 Å². The Morgan fingerprint density at radius 2 is 2.00 bits per heavy atom. The van der Waals surface area contributed by atoms with Crippen molar-refractivity contribution in [2.24, 2.45) is 11.0 Å². The van der Waals surface area contributed by atoms with Crippen LogP contribution in [0.25, 0.3) is 0 Å². The van der Waals surface area contributed by atoms with Crippen LogP contribution in [0, 0.1) is 5.92 Å². The number of rotatable bonds is 5. The zero-order valence-electron chi connectivity index (χ0n) is 12.0. The summed E-state index contributed by atoms with van der Waals surface area (Å²) < 4.78 is 5.34. The van der Waals surface area contributed by atoms with Gasteiger partial charge >= 0.3 is 0 Å². The highest BCUT2D eigenvalue weighted by molar-refractivity contribution is 5.94. The molecule has 4 nitrogen and oxygen atoms in total. The third kappa shape index (κ3) is 4.37. The van der Waals surface area contributed by atoms with Gasteiger partial charge in [-0.15, -0.1) is 0 Å². The molecule has 1 aromatic carbocycles. The van der Waals surface area contributed by atoms with Gasteiger partial charge in [0.2, 0.25) is 0 Å². The van der Waals surface area contributed by atoms with E-state index in [9.17, 15) is 4.79 Å². The van der Waals surface area contributed by atoms with Crippen LogP contribution in [-0.4, -0.2) is 18.7 Å². The van der Waals surface area contributed by atoms with Gasteiger partial charge in [0.05, 0.1) is 6.61 Å². The summed E-state index contributed by atoms with van der Waals surface area (Å²) in [5.41, 5.74) is 3.18. The summed E-state index contributed by atoms with van der Waals surface area (Å²) in [7, 11) is 0.